The zero-order valence-corrected chi connectivity index (χ0v) is 15.3. The van der Waals surface area contributed by atoms with E-state index in [-0.39, 0.29) is 5.60 Å². The van der Waals surface area contributed by atoms with Crippen LogP contribution in [0.2, 0.25) is 0 Å². The van der Waals surface area contributed by atoms with Crippen LogP contribution < -0.4 is 10.2 Å². The summed E-state index contributed by atoms with van der Waals surface area (Å²) in [6, 6.07) is 2.45. The lowest BCUT2D eigenvalue weighted by Gasteiger charge is -2.37. The van der Waals surface area contributed by atoms with Crippen LogP contribution in [0.3, 0.4) is 0 Å². The number of ether oxygens (including phenoxy) is 1. The van der Waals surface area contributed by atoms with Crippen LogP contribution >= 0.6 is 0 Å². The summed E-state index contributed by atoms with van der Waals surface area (Å²) >= 11 is 0. The molecule has 130 valence electrons. The molecule has 5 heteroatoms. The summed E-state index contributed by atoms with van der Waals surface area (Å²) in [4.78, 5) is 7.31. The second-order valence-electron chi connectivity index (χ2n) is 7.89. The van der Waals surface area contributed by atoms with Gasteiger partial charge >= 0.3 is 0 Å². The summed E-state index contributed by atoms with van der Waals surface area (Å²) in [5.41, 5.74) is 3.80. The Balaban J connectivity index is 2.13. The summed E-state index contributed by atoms with van der Waals surface area (Å²) in [6.07, 6.45) is 1.62. The first kappa shape index (κ1) is 17.2. The first-order valence-electron chi connectivity index (χ1n) is 8.95. The molecule has 0 saturated carbocycles. The SMILES string of the molecule is CC(C)Cc1nc(N2CCNCC2)c2c(c1C#N)CC(C)(C)OC2. The second-order valence-corrected chi connectivity index (χ2v) is 7.89. The standard InChI is InChI=1S/C19H28N4O/c1-13(2)9-17-15(11-20)14-10-19(3,4)24-12-16(14)18(22-17)23-7-5-21-6-8-23/h13,21H,5-10,12H2,1-4H3. The van der Waals surface area contributed by atoms with Gasteiger partial charge in [-0.2, -0.15) is 5.26 Å². The van der Waals surface area contributed by atoms with Gasteiger partial charge in [0.05, 0.1) is 23.5 Å². The minimum absolute atomic E-state index is 0.226. The van der Waals surface area contributed by atoms with Crippen molar-refractivity contribution in [2.45, 2.75) is 52.7 Å². The predicted octanol–water partition coefficient (Wildman–Crippen LogP) is 2.41. The van der Waals surface area contributed by atoms with Crippen LogP contribution in [0.1, 0.15) is 50.1 Å². The highest BCUT2D eigenvalue weighted by molar-refractivity contribution is 5.59. The van der Waals surface area contributed by atoms with E-state index < -0.39 is 0 Å². The molecule has 0 radical (unpaired) electrons. The number of anilines is 1. The summed E-state index contributed by atoms with van der Waals surface area (Å²) in [5.74, 6) is 1.52. The van der Waals surface area contributed by atoms with Gasteiger partial charge in [-0.3, -0.25) is 0 Å². The minimum atomic E-state index is -0.226. The third kappa shape index (κ3) is 3.40. The lowest BCUT2D eigenvalue weighted by Crippen LogP contribution is -2.45. The van der Waals surface area contributed by atoms with Crippen molar-refractivity contribution in [1.82, 2.24) is 10.3 Å². The smallest absolute Gasteiger partial charge is 0.134 e. The number of rotatable bonds is 3. The minimum Gasteiger partial charge on any atom is -0.370 e. The van der Waals surface area contributed by atoms with E-state index in [0.717, 1.165) is 67.2 Å². The Hall–Kier alpha value is -1.64. The van der Waals surface area contributed by atoms with E-state index >= 15 is 0 Å². The number of nitrogens with one attached hydrogen (secondary N) is 1. The number of fused-ring (bicyclic) bond motifs is 1. The Morgan fingerprint density at radius 1 is 1.29 bits per heavy atom. The van der Waals surface area contributed by atoms with E-state index in [0.29, 0.717) is 12.5 Å². The van der Waals surface area contributed by atoms with E-state index in [9.17, 15) is 5.26 Å². The van der Waals surface area contributed by atoms with Gasteiger partial charge in [0.1, 0.15) is 11.9 Å². The highest BCUT2D eigenvalue weighted by atomic mass is 16.5. The highest BCUT2D eigenvalue weighted by Crippen LogP contribution is 2.36. The van der Waals surface area contributed by atoms with Crippen molar-refractivity contribution >= 4 is 5.82 Å². The first-order valence-corrected chi connectivity index (χ1v) is 8.95. The maximum atomic E-state index is 9.80. The molecule has 0 atom stereocenters. The van der Waals surface area contributed by atoms with Crippen LogP contribution in [0, 0.1) is 17.2 Å². The topological polar surface area (TPSA) is 61.2 Å². The number of hydrogen-bond donors (Lipinski definition) is 1. The third-order valence-corrected chi connectivity index (χ3v) is 4.81. The lowest BCUT2D eigenvalue weighted by atomic mass is 9.87. The maximum Gasteiger partial charge on any atom is 0.134 e. The molecule has 2 aliphatic rings. The van der Waals surface area contributed by atoms with E-state index in [1.807, 2.05) is 0 Å². The Morgan fingerprint density at radius 2 is 2.00 bits per heavy atom. The van der Waals surface area contributed by atoms with Crippen molar-refractivity contribution in [3.8, 4) is 6.07 Å². The molecule has 5 nitrogen and oxygen atoms in total. The molecule has 0 aromatic carbocycles. The average Bonchev–Trinajstić information content (AvgIpc) is 2.53. The molecule has 1 fully saturated rings. The van der Waals surface area contributed by atoms with Crippen LogP contribution in [0.4, 0.5) is 5.82 Å². The summed E-state index contributed by atoms with van der Waals surface area (Å²) < 4.78 is 6.05. The van der Waals surface area contributed by atoms with Gasteiger partial charge in [0.15, 0.2) is 0 Å². The number of aromatic nitrogens is 1. The Morgan fingerprint density at radius 3 is 2.62 bits per heavy atom. The number of nitriles is 1. The fourth-order valence-corrected chi connectivity index (χ4v) is 3.61. The Kier molecular flexibility index (Phi) is 4.80. The van der Waals surface area contributed by atoms with E-state index in [2.05, 4.69) is 44.0 Å². The quantitative estimate of drug-likeness (QED) is 0.923. The molecule has 3 rings (SSSR count). The Labute approximate surface area is 145 Å². The monoisotopic (exact) mass is 328 g/mol. The number of hydrogen-bond acceptors (Lipinski definition) is 5. The molecule has 1 aromatic rings. The van der Waals surface area contributed by atoms with E-state index in [1.54, 1.807) is 0 Å². The van der Waals surface area contributed by atoms with Crippen molar-refractivity contribution in [2.75, 3.05) is 31.1 Å². The van der Waals surface area contributed by atoms with Crippen molar-refractivity contribution in [2.24, 2.45) is 5.92 Å². The fourth-order valence-electron chi connectivity index (χ4n) is 3.61. The molecule has 0 amide bonds. The van der Waals surface area contributed by atoms with Crippen LogP contribution in [-0.4, -0.2) is 36.8 Å². The van der Waals surface area contributed by atoms with Gasteiger partial charge in [0, 0.05) is 38.2 Å². The summed E-state index contributed by atoms with van der Waals surface area (Å²) in [6.45, 7) is 13.0. The predicted molar refractivity (Wildman–Crippen MR) is 95.1 cm³/mol. The molecule has 0 aliphatic carbocycles. The van der Waals surface area contributed by atoms with Crippen molar-refractivity contribution in [1.29, 1.82) is 5.26 Å². The molecular formula is C19H28N4O. The lowest BCUT2D eigenvalue weighted by molar-refractivity contribution is -0.0401. The van der Waals surface area contributed by atoms with Gasteiger partial charge in [0.25, 0.3) is 0 Å². The Bertz CT molecular complexity index is 654. The molecule has 0 spiro atoms. The van der Waals surface area contributed by atoms with Gasteiger partial charge in [0.2, 0.25) is 0 Å². The van der Waals surface area contributed by atoms with Gasteiger partial charge in [-0.15, -0.1) is 0 Å². The summed E-state index contributed by atoms with van der Waals surface area (Å²) in [5, 5.41) is 13.2. The van der Waals surface area contributed by atoms with Gasteiger partial charge in [-0.25, -0.2) is 4.98 Å². The molecule has 2 aliphatic heterocycles. The molecule has 3 heterocycles. The number of pyridine rings is 1. The van der Waals surface area contributed by atoms with Crippen LogP contribution in [0.15, 0.2) is 0 Å². The summed E-state index contributed by atoms with van der Waals surface area (Å²) in [7, 11) is 0. The van der Waals surface area contributed by atoms with Gasteiger partial charge in [-0.1, -0.05) is 13.8 Å². The van der Waals surface area contributed by atoms with Gasteiger partial charge < -0.3 is 15.0 Å². The zero-order valence-electron chi connectivity index (χ0n) is 15.3. The molecule has 0 unspecified atom stereocenters. The van der Waals surface area contributed by atoms with E-state index in [1.165, 1.54) is 0 Å². The van der Waals surface area contributed by atoms with Crippen LogP contribution in [0.5, 0.6) is 0 Å². The number of piperazine rings is 1. The third-order valence-electron chi connectivity index (χ3n) is 4.81. The van der Waals surface area contributed by atoms with Crippen molar-refractivity contribution < 1.29 is 4.74 Å². The van der Waals surface area contributed by atoms with Crippen LogP contribution in [0.25, 0.3) is 0 Å². The van der Waals surface area contributed by atoms with E-state index in [4.69, 9.17) is 9.72 Å². The van der Waals surface area contributed by atoms with Gasteiger partial charge in [-0.05, 0) is 31.7 Å². The zero-order chi connectivity index (χ0) is 17.3. The maximum absolute atomic E-state index is 9.80. The van der Waals surface area contributed by atoms with Crippen molar-refractivity contribution in [3.05, 3.63) is 22.4 Å². The largest absolute Gasteiger partial charge is 0.370 e. The average molecular weight is 328 g/mol. The molecule has 1 saturated heterocycles. The second kappa shape index (κ2) is 6.70. The fraction of sp³-hybridized carbons (Fsp3) is 0.684. The van der Waals surface area contributed by atoms with Crippen LogP contribution in [-0.2, 0) is 24.2 Å². The molecule has 0 bridgehead atoms. The normalized spacial score (nSPS) is 19.9. The first-order chi connectivity index (χ1) is 11.4. The number of nitrogens with zero attached hydrogens (tertiary/aromatic N) is 3. The molecule has 24 heavy (non-hydrogen) atoms. The molecular weight excluding hydrogens is 300 g/mol. The van der Waals surface area contributed by atoms with Crippen molar-refractivity contribution in [3.63, 3.8) is 0 Å². The molecule has 1 aromatic heterocycles. The highest BCUT2D eigenvalue weighted by Gasteiger charge is 2.33. The molecule has 1 N–H and O–H groups in total.